The highest BCUT2D eigenvalue weighted by Gasteiger charge is 2.34. The van der Waals surface area contributed by atoms with Crippen molar-refractivity contribution in [2.45, 2.75) is 19.8 Å². The van der Waals surface area contributed by atoms with E-state index in [1.807, 2.05) is 6.92 Å². The van der Waals surface area contributed by atoms with E-state index in [2.05, 4.69) is 10.6 Å². The van der Waals surface area contributed by atoms with Crippen LogP contribution in [0.2, 0.25) is 0 Å². The molecular formula is C23H27N3O5. The molecule has 1 heterocycles. The Kier molecular flexibility index (Phi) is 7.48. The molecule has 0 unspecified atom stereocenters. The molecule has 2 aromatic rings. The van der Waals surface area contributed by atoms with Crippen LogP contribution in [0.25, 0.3) is 0 Å². The van der Waals surface area contributed by atoms with Gasteiger partial charge in [0, 0.05) is 37.0 Å². The largest absolute Gasteiger partial charge is 0.497 e. The Morgan fingerprint density at radius 1 is 1.13 bits per heavy atom. The SMILES string of the molecule is CCCNC(=O)[C@@H]1CC(=O)N(c2ccc(OCC(=O)Nc3cccc(OC)c3)cc2)C1. The number of hydrogen-bond donors (Lipinski definition) is 2. The molecule has 1 saturated heterocycles. The number of nitrogens with one attached hydrogen (secondary N) is 2. The molecule has 1 fully saturated rings. The van der Waals surface area contributed by atoms with Gasteiger partial charge in [-0.15, -0.1) is 0 Å². The van der Waals surface area contributed by atoms with E-state index in [1.165, 1.54) is 0 Å². The number of methoxy groups -OCH3 is 1. The van der Waals surface area contributed by atoms with E-state index in [4.69, 9.17) is 9.47 Å². The van der Waals surface area contributed by atoms with Crippen LogP contribution in [0.3, 0.4) is 0 Å². The van der Waals surface area contributed by atoms with Crippen molar-refractivity contribution in [2.75, 3.05) is 37.0 Å². The van der Waals surface area contributed by atoms with Gasteiger partial charge in [0.25, 0.3) is 5.91 Å². The summed E-state index contributed by atoms with van der Waals surface area (Å²) in [5.74, 6) is 0.357. The first-order chi connectivity index (χ1) is 15.0. The summed E-state index contributed by atoms with van der Waals surface area (Å²) in [5, 5.41) is 5.59. The van der Waals surface area contributed by atoms with Gasteiger partial charge < -0.3 is 25.0 Å². The molecule has 3 amide bonds. The minimum atomic E-state index is -0.338. The molecule has 0 saturated carbocycles. The lowest BCUT2D eigenvalue weighted by molar-refractivity contribution is -0.126. The number of rotatable bonds is 9. The highest BCUT2D eigenvalue weighted by Crippen LogP contribution is 2.27. The highest BCUT2D eigenvalue weighted by atomic mass is 16.5. The van der Waals surface area contributed by atoms with Crippen LogP contribution in [-0.4, -0.2) is 44.5 Å². The lowest BCUT2D eigenvalue weighted by atomic mass is 10.1. The molecule has 1 aliphatic heterocycles. The third kappa shape index (κ3) is 5.97. The molecule has 8 heteroatoms. The first kappa shape index (κ1) is 22.1. The molecule has 0 bridgehead atoms. The summed E-state index contributed by atoms with van der Waals surface area (Å²) in [6, 6.07) is 14.0. The standard InChI is InChI=1S/C23H27N3O5/c1-3-11-24-23(29)16-12-22(28)26(14-16)18-7-9-19(10-8-18)31-15-21(27)25-17-5-4-6-20(13-17)30-2/h4-10,13,16H,3,11-12,14-15H2,1-2H3,(H,24,29)(H,25,27)/t16-/m1/s1. The fraction of sp³-hybridized carbons (Fsp3) is 0.348. The lowest BCUT2D eigenvalue weighted by Crippen LogP contribution is -2.33. The summed E-state index contributed by atoms with van der Waals surface area (Å²) in [7, 11) is 1.56. The monoisotopic (exact) mass is 425 g/mol. The minimum absolute atomic E-state index is 0.0806. The molecule has 3 rings (SSSR count). The molecule has 8 nitrogen and oxygen atoms in total. The van der Waals surface area contributed by atoms with E-state index < -0.39 is 0 Å². The summed E-state index contributed by atoms with van der Waals surface area (Å²) in [4.78, 5) is 38.2. The van der Waals surface area contributed by atoms with Crippen LogP contribution in [0.5, 0.6) is 11.5 Å². The number of amides is 3. The van der Waals surface area contributed by atoms with E-state index in [0.717, 1.165) is 6.42 Å². The average molecular weight is 425 g/mol. The van der Waals surface area contributed by atoms with Crippen LogP contribution in [0.4, 0.5) is 11.4 Å². The molecule has 1 aliphatic rings. The third-order valence-electron chi connectivity index (χ3n) is 4.92. The van der Waals surface area contributed by atoms with Crippen molar-refractivity contribution in [3.8, 4) is 11.5 Å². The first-order valence-corrected chi connectivity index (χ1v) is 10.2. The Hall–Kier alpha value is -3.55. The zero-order chi connectivity index (χ0) is 22.2. The molecule has 0 spiro atoms. The summed E-state index contributed by atoms with van der Waals surface area (Å²) in [6.07, 6.45) is 1.06. The van der Waals surface area contributed by atoms with Crippen molar-refractivity contribution in [1.82, 2.24) is 5.32 Å². The molecule has 2 N–H and O–H groups in total. The maximum atomic E-state index is 12.3. The summed E-state index contributed by atoms with van der Waals surface area (Å²) in [5.41, 5.74) is 1.32. The van der Waals surface area contributed by atoms with Crippen LogP contribution < -0.4 is 25.0 Å². The maximum Gasteiger partial charge on any atom is 0.262 e. The Balaban J connectivity index is 1.51. The fourth-order valence-corrected chi connectivity index (χ4v) is 3.29. The van der Waals surface area contributed by atoms with Crippen molar-refractivity contribution in [2.24, 2.45) is 5.92 Å². The van der Waals surface area contributed by atoms with Gasteiger partial charge in [0.2, 0.25) is 11.8 Å². The lowest BCUT2D eigenvalue weighted by Gasteiger charge is -2.17. The number of carbonyl (C=O) groups is 3. The molecule has 2 aromatic carbocycles. The van der Waals surface area contributed by atoms with Crippen molar-refractivity contribution >= 4 is 29.1 Å². The normalized spacial score (nSPS) is 15.5. The predicted octanol–water partition coefficient (Wildman–Crippen LogP) is 2.59. The number of hydrogen-bond acceptors (Lipinski definition) is 5. The second-order valence-electron chi connectivity index (χ2n) is 7.26. The highest BCUT2D eigenvalue weighted by molar-refractivity contribution is 6.00. The van der Waals surface area contributed by atoms with Crippen molar-refractivity contribution in [3.05, 3.63) is 48.5 Å². The zero-order valence-electron chi connectivity index (χ0n) is 17.7. The Labute approximate surface area is 181 Å². The molecule has 0 aliphatic carbocycles. The molecular weight excluding hydrogens is 398 g/mol. The first-order valence-electron chi connectivity index (χ1n) is 10.2. The molecule has 164 valence electrons. The second-order valence-corrected chi connectivity index (χ2v) is 7.26. The van der Waals surface area contributed by atoms with E-state index >= 15 is 0 Å². The van der Waals surface area contributed by atoms with Crippen molar-refractivity contribution in [3.63, 3.8) is 0 Å². The topological polar surface area (TPSA) is 97.0 Å². The second kappa shape index (κ2) is 10.5. The van der Waals surface area contributed by atoms with Gasteiger partial charge in [0.15, 0.2) is 6.61 Å². The average Bonchev–Trinajstić information content (AvgIpc) is 3.18. The van der Waals surface area contributed by atoms with Gasteiger partial charge in [-0.1, -0.05) is 13.0 Å². The summed E-state index contributed by atoms with van der Waals surface area (Å²) < 4.78 is 10.7. The number of carbonyl (C=O) groups excluding carboxylic acids is 3. The number of nitrogens with zero attached hydrogens (tertiary/aromatic N) is 1. The zero-order valence-corrected chi connectivity index (χ0v) is 17.7. The predicted molar refractivity (Wildman–Crippen MR) is 117 cm³/mol. The minimum Gasteiger partial charge on any atom is -0.497 e. The van der Waals surface area contributed by atoms with Gasteiger partial charge in [-0.05, 0) is 42.8 Å². The van der Waals surface area contributed by atoms with Gasteiger partial charge in [-0.3, -0.25) is 14.4 Å². The Morgan fingerprint density at radius 3 is 2.61 bits per heavy atom. The quantitative estimate of drug-likeness (QED) is 0.644. The Bertz CT molecular complexity index is 929. The molecule has 0 aromatic heterocycles. The van der Waals surface area contributed by atoms with Gasteiger partial charge in [-0.25, -0.2) is 0 Å². The van der Waals surface area contributed by atoms with Gasteiger partial charge in [0.1, 0.15) is 11.5 Å². The van der Waals surface area contributed by atoms with E-state index in [1.54, 1.807) is 60.5 Å². The van der Waals surface area contributed by atoms with Crippen LogP contribution in [0, 0.1) is 5.92 Å². The van der Waals surface area contributed by atoms with Crippen LogP contribution >= 0.6 is 0 Å². The summed E-state index contributed by atoms with van der Waals surface area (Å²) in [6.45, 7) is 2.80. The van der Waals surface area contributed by atoms with Crippen molar-refractivity contribution in [1.29, 1.82) is 0 Å². The van der Waals surface area contributed by atoms with Gasteiger partial charge >= 0.3 is 0 Å². The smallest absolute Gasteiger partial charge is 0.262 e. The molecule has 1 atom stereocenters. The summed E-state index contributed by atoms with van der Waals surface area (Å²) >= 11 is 0. The van der Waals surface area contributed by atoms with E-state index in [0.29, 0.717) is 36.0 Å². The van der Waals surface area contributed by atoms with E-state index in [9.17, 15) is 14.4 Å². The number of anilines is 2. The Morgan fingerprint density at radius 2 is 1.90 bits per heavy atom. The van der Waals surface area contributed by atoms with Gasteiger partial charge in [0.05, 0.1) is 13.0 Å². The van der Waals surface area contributed by atoms with Crippen molar-refractivity contribution < 1.29 is 23.9 Å². The van der Waals surface area contributed by atoms with Gasteiger partial charge in [-0.2, -0.15) is 0 Å². The third-order valence-corrected chi connectivity index (χ3v) is 4.92. The molecule has 31 heavy (non-hydrogen) atoms. The maximum absolute atomic E-state index is 12.3. The number of benzene rings is 2. The molecule has 0 radical (unpaired) electrons. The fourth-order valence-electron chi connectivity index (χ4n) is 3.29. The van der Waals surface area contributed by atoms with Crippen LogP contribution in [0.1, 0.15) is 19.8 Å². The van der Waals surface area contributed by atoms with Crippen LogP contribution in [-0.2, 0) is 14.4 Å². The van der Waals surface area contributed by atoms with Crippen LogP contribution in [0.15, 0.2) is 48.5 Å². The number of ether oxygens (including phenoxy) is 2. The van der Waals surface area contributed by atoms with E-state index in [-0.39, 0.29) is 36.7 Å².